The van der Waals surface area contributed by atoms with Crippen molar-refractivity contribution in [3.8, 4) is 5.75 Å². The van der Waals surface area contributed by atoms with Crippen molar-refractivity contribution >= 4 is 11.8 Å². The van der Waals surface area contributed by atoms with Crippen molar-refractivity contribution in [3.05, 3.63) is 65.2 Å². The maximum Gasteiger partial charge on any atom is 0.242 e. The van der Waals surface area contributed by atoms with E-state index in [4.69, 9.17) is 4.74 Å². The molecule has 2 aromatic rings. The van der Waals surface area contributed by atoms with E-state index >= 15 is 0 Å². The molecule has 2 aromatic carbocycles. The zero-order chi connectivity index (χ0) is 20.5. The summed E-state index contributed by atoms with van der Waals surface area (Å²) in [6.45, 7) is 6.79. The molecule has 0 unspecified atom stereocenters. The van der Waals surface area contributed by atoms with Crippen LogP contribution in [-0.4, -0.2) is 36.4 Å². The summed E-state index contributed by atoms with van der Waals surface area (Å²) in [5.41, 5.74) is 3.04. The van der Waals surface area contributed by atoms with Crippen LogP contribution in [0, 0.1) is 6.92 Å². The largest absolute Gasteiger partial charge is 0.497 e. The lowest BCUT2D eigenvalue weighted by molar-refractivity contribution is -0.140. The number of carbonyl (C=O) groups is 2. The van der Waals surface area contributed by atoms with E-state index in [9.17, 15) is 9.59 Å². The van der Waals surface area contributed by atoms with E-state index in [0.717, 1.165) is 22.4 Å². The van der Waals surface area contributed by atoms with Gasteiger partial charge in [0.15, 0.2) is 0 Å². The molecule has 150 valence electrons. The Morgan fingerprint density at radius 3 is 2.36 bits per heavy atom. The van der Waals surface area contributed by atoms with Gasteiger partial charge in [-0.25, -0.2) is 0 Å². The molecule has 0 radical (unpaired) electrons. The van der Waals surface area contributed by atoms with Gasteiger partial charge >= 0.3 is 0 Å². The summed E-state index contributed by atoms with van der Waals surface area (Å²) >= 11 is 0. The molecule has 1 atom stereocenters. The number of ether oxygens (including phenoxy) is 1. The molecular formula is C23H30N2O3. The lowest BCUT2D eigenvalue weighted by atomic mass is 10.1. The Hall–Kier alpha value is -2.82. The molecule has 0 aliphatic heterocycles. The Bertz CT molecular complexity index is 787. The van der Waals surface area contributed by atoms with Crippen LogP contribution in [0.5, 0.6) is 5.75 Å². The van der Waals surface area contributed by atoms with E-state index in [-0.39, 0.29) is 18.2 Å². The summed E-state index contributed by atoms with van der Waals surface area (Å²) in [5.74, 6) is 0.576. The summed E-state index contributed by atoms with van der Waals surface area (Å²) < 4.78 is 5.18. The van der Waals surface area contributed by atoms with Crippen molar-refractivity contribution in [2.45, 2.75) is 46.2 Å². The number of carbonyl (C=O) groups excluding carboxylic acids is 2. The van der Waals surface area contributed by atoms with Crippen molar-refractivity contribution in [1.29, 1.82) is 0 Å². The fourth-order valence-corrected chi connectivity index (χ4v) is 3.24. The average Bonchev–Trinajstić information content (AvgIpc) is 2.68. The zero-order valence-corrected chi connectivity index (χ0v) is 17.2. The molecule has 0 aromatic heterocycles. The quantitative estimate of drug-likeness (QED) is 0.722. The number of aryl methyl sites for hydroxylation is 1. The highest BCUT2D eigenvalue weighted by atomic mass is 16.5. The molecule has 0 aliphatic rings. The van der Waals surface area contributed by atoms with Gasteiger partial charge in [0, 0.05) is 13.1 Å². The molecule has 1 N–H and O–H groups in total. The van der Waals surface area contributed by atoms with Crippen LogP contribution in [0.25, 0.3) is 0 Å². The number of benzene rings is 2. The van der Waals surface area contributed by atoms with Gasteiger partial charge in [0.25, 0.3) is 0 Å². The fraction of sp³-hybridized carbons (Fsp3) is 0.391. The highest BCUT2D eigenvalue weighted by Crippen LogP contribution is 2.17. The SMILES string of the molecule is CCNC(=O)[C@H](CC)N(Cc1cccc(C)c1)C(=O)Cc1ccc(OC)cc1. The third-order valence-electron chi connectivity index (χ3n) is 4.69. The Balaban J connectivity index is 2.26. The molecule has 0 bridgehead atoms. The van der Waals surface area contributed by atoms with Crippen LogP contribution in [-0.2, 0) is 22.6 Å². The Morgan fingerprint density at radius 1 is 1.07 bits per heavy atom. The molecule has 28 heavy (non-hydrogen) atoms. The van der Waals surface area contributed by atoms with Crippen molar-refractivity contribution in [2.24, 2.45) is 0 Å². The average molecular weight is 383 g/mol. The van der Waals surface area contributed by atoms with Gasteiger partial charge in [-0.05, 0) is 43.5 Å². The number of hydrogen-bond acceptors (Lipinski definition) is 3. The van der Waals surface area contributed by atoms with Gasteiger partial charge in [-0.2, -0.15) is 0 Å². The van der Waals surface area contributed by atoms with Crippen LogP contribution in [0.3, 0.4) is 0 Å². The second kappa shape index (κ2) is 10.5. The van der Waals surface area contributed by atoms with Crippen LogP contribution in [0.1, 0.15) is 37.0 Å². The van der Waals surface area contributed by atoms with Crippen molar-refractivity contribution < 1.29 is 14.3 Å². The van der Waals surface area contributed by atoms with E-state index in [1.54, 1.807) is 12.0 Å². The van der Waals surface area contributed by atoms with Crippen LogP contribution in [0.2, 0.25) is 0 Å². The van der Waals surface area contributed by atoms with Crippen molar-refractivity contribution in [2.75, 3.05) is 13.7 Å². The first-order valence-electron chi connectivity index (χ1n) is 9.74. The molecule has 0 fully saturated rings. The van der Waals surface area contributed by atoms with Crippen LogP contribution in [0.15, 0.2) is 48.5 Å². The lowest BCUT2D eigenvalue weighted by Gasteiger charge is -2.30. The first-order valence-corrected chi connectivity index (χ1v) is 9.74. The Labute approximate surface area is 167 Å². The van der Waals surface area contributed by atoms with Gasteiger partial charge in [0.1, 0.15) is 11.8 Å². The third kappa shape index (κ3) is 5.84. The van der Waals surface area contributed by atoms with Crippen molar-refractivity contribution in [3.63, 3.8) is 0 Å². The maximum absolute atomic E-state index is 13.2. The second-order valence-electron chi connectivity index (χ2n) is 6.85. The number of rotatable bonds is 9. The number of likely N-dealkylation sites (N-methyl/N-ethyl adjacent to an activating group) is 1. The lowest BCUT2D eigenvalue weighted by Crippen LogP contribution is -2.49. The van der Waals surface area contributed by atoms with E-state index in [1.807, 2.05) is 63.2 Å². The van der Waals surface area contributed by atoms with E-state index in [1.165, 1.54) is 0 Å². The highest BCUT2D eigenvalue weighted by molar-refractivity contribution is 5.88. The number of nitrogens with zero attached hydrogens (tertiary/aromatic N) is 1. The molecule has 2 amide bonds. The predicted octanol–water partition coefficient (Wildman–Crippen LogP) is 3.49. The normalized spacial score (nSPS) is 11.6. The van der Waals surface area contributed by atoms with E-state index in [0.29, 0.717) is 19.5 Å². The standard InChI is InChI=1S/C23H30N2O3/c1-5-21(23(27)24-6-2)25(16-19-9-7-8-17(3)14-19)22(26)15-18-10-12-20(28-4)13-11-18/h7-14,21H,5-6,15-16H2,1-4H3,(H,24,27)/t21-/m0/s1. The van der Waals surface area contributed by atoms with Crippen molar-refractivity contribution in [1.82, 2.24) is 10.2 Å². The molecule has 2 rings (SSSR count). The summed E-state index contributed by atoms with van der Waals surface area (Å²) in [6, 6.07) is 15.0. The highest BCUT2D eigenvalue weighted by Gasteiger charge is 2.28. The minimum atomic E-state index is -0.494. The molecule has 0 spiro atoms. The van der Waals surface area contributed by atoms with E-state index < -0.39 is 6.04 Å². The first kappa shape index (κ1) is 21.5. The topological polar surface area (TPSA) is 58.6 Å². The molecular weight excluding hydrogens is 352 g/mol. The van der Waals surface area contributed by atoms with Crippen LogP contribution >= 0.6 is 0 Å². The number of nitrogens with one attached hydrogen (secondary N) is 1. The molecule has 0 aliphatic carbocycles. The summed E-state index contributed by atoms with van der Waals surface area (Å²) in [6.07, 6.45) is 0.803. The van der Waals surface area contributed by atoms with Gasteiger partial charge in [0.2, 0.25) is 11.8 Å². The molecule has 5 nitrogen and oxygen atoms in total. The minimum Gasteiger partial charge on any atom is -0.497 e. The van der Waals surface area contributed by atoms with Gasteiger partial charge in [-0.3, -0.25) is 9.59 Å². The van der Waals surface area contributed by atoms with E-state index in [2.05, 4.69) is 11.4 Å². The van der Waals surface area contributed by atoms with Gasteiger partial charge in [-0.15, -0.1) is 0 Å². The smallest absolute Gasteiger partial charge is 0.242 e. The first-order chi connectivity index (χ1) is 13.5. The summed E-state index contributed by atoms with van der Waals surface area (Å²) in [5, 5.41) is 2.86. The Morgan fingerprint density at radius 2 is 1.79 bits per heavy atom. The van der Waals surface area contributed by atoms with Gasteiger partial charge in [-0.1, -0.05) is 48.9 Å². The summed E-state index contributed by atoms with van der Waals surface area (Å²) in [7, 11) is 1.61. The monoisotopic (exact) mass is 382 g/mol. The zero-order valence-electron chi connectivity index (χ0n) is 17.2. The Kier molecular flexibility index (Phi) is 8.05. The second-order valence-corrected chi connectivity index (χ2v) is 6.85. The third-order valence-corrected chi connectivity index (χ3v) is 4.69. The fourth-order valence-electron chi connectivity index (χ4n) is 3.24. The van der Waals surface area contributed by atoms with Gasteiger partial charge < -0.3 is 15.0 Å². The van der Waals surface area contributed by atoms with Crippen LogP contribution < -0.4 is 10.1 Å². The summed E-state index contributed by atoms with van der Waals surface area (Å²) in [4.78, 5) is 27.5. The number of hydrogen-bond donors (Lipinski definition) is 1. The van der Waals surface area contributed by atoms with Crippen LogP contribution in [0.4, 0.5) is 0 Å². The molecule has 0 heterocycles. The molecule has 0 saturated heterocycles. The number of amides is 2. The number of methoxy groups -OCH3 is 1. The van der Waals surface area contributed by atoms with Gasteiger partial charge in [0.05, 0.1) is 13.5 Å². The molecule has 0 saturated carbocycles. The molecule has 5 heteroatoms. The minimum absolute atomic E-state index is 0.0650. The maximum atomic E-state index is 13.2. The predicted molar refractivity (Wildman–Crippen MR) is 111 cm³/mol.